The maximum Gasteiger partial charge on any atom is 0.135 e. The molecule has 2 aromatic rings. The molecule has 3 heterocycles. The molecular formula is C14H18N4O. The van der Waals surface area contributed by atoms with Gasteiger partial charge in [0.05, 0.1) is 5.69 Å². The standard InChI is InChI=1S/C14H18N4O/c1-3-4-11-7-15-10(2)16-14(11)18-6-5-13-12(8-18)9-19-17-13/h7,9H,3-6,8H2,1-2H3. The van der Waals surface area contributed by atoms with Crippen molar-refractivity contribution in [2.24, 2.45) is 0 Å². The van der Waals surface area contributed by atoms with Crippen molar-refractivity contribution >= 4 is 5.82 Å². The fraction of sp³-hybridized carbons (Fsp3) is 0.500. The summed E-state index contributed by atoms with van der Waals surface area (Å²) in [4.78, 5) is 11.3. The summed E-state index contributed by atoms with van der Waals surface area (Å²) >= 11 is 0. The van der Waals surface area contributed by atoms with Crippen molar-refractivity contribution in [3.8, 4) is 0 Å². The Morgan fingerprint density at radius 2 is 2.32 bits per heavy atom. The zero-order chi connectivity index (χ0) is 13.2. The lowest BCUT2D eigenvalue weighted by Crippen LogP contribution is -2.31. The van der Waals surface area contributed by atoms with Gasteiger partial charge >= 0.3 is 0 Å². The summed E-state index contributed by atoms with van der Waals surface area (Å²) in [7, 11) is 0. The summed E-state index contributed by atoms with van der Waals surface area (Å²) in [5, 5.41) is 4.03. The van der Waals surface area contributed by atoms with Crippen molar-refractivity contribution in [1.29, 1.82) is 0 Å². The fourth-order valence-corrected chi connectivity index (χ4v) is 2.52. The zero-order valence-electron chi connectivity index (χ0n) is 11.4. The van der Waals surface area contributed by atoms with Crippen molar-refractivity contribution in [1.82, 2.24) is 15.1 Å². The van der Waals surface area contributed by atoms with Gasteiger partial charge in [0.1, 0.15) is 17.9 Å². The van der Waals surface area contributed by atoms with Gasteiger partial charge in [0.2, 0.25) is 0 Å². The minimum atomic E-state index is 0.825. The van der Waals surface area contributed by atoms with E-state index in [1.807, 2.05) is 13.1 Å². The highest BCUT2D eigenvalue weighted by Gasteiger charge is 2.22. The first-order valence-corrected chi connectivity index (χ1v) is 6.77. The summed E-state index contributed by atoms with van der Waals surface area (Å²) < 4.78 is 5.04. The molecule has 5 heteroatoms. The fourth-order valence-electron chi connectivity index (χ4n) is 2.52. The van der Waals surface area contributed by atoms with Crippen LogP contribution in [0.4, 0.5) is 5.82 Å². The summed E-state index contributed by atoms with van der Waals surface area (Å²) in [5.74, 6) is 1.90. The van der Waals surface area contributed by atoms with Gasteiger partial charge in [-0.25, -0.2) is 9.97 Å². The molecule has 0 saturated carbocycles. The van der Waals surface area contributed by atoms with Gasteiger partial charge in [-0.3, -0.25) is 0 Å². The Bertz CT molecular complexity index is 579. The zero-order valence-corrected chi connectivity index (χ0v) is 11.4. The van der Waals surface area contributed by atoms with Crippen LogP contribution in [-0.2, 0) is 19.4 Å². The van der Waals surface area contributed by atoms with Crippen LogP contribution >= 0.6 is 0 Å². The number of aryl methyl sites for hydroxylation is 2. The van der Waals surface area contributed by atoms with E-state index in [-0.39, 0.29) is 0 Å². The molecule has 0 bridgehead atoms. The molecule has 0 atom stereocenters. The van der Waals surface area contributed by atoms with Crippen LogP contribution < -0.4 is 4.90 Å². The Labute approximate surface area is 112 Å². The van der Waals surface area contributed by atoms with Gasteiger partial charge in [0, 0.05) is 36.8 Å². The second-order valence-corrected chi connectivity index (χ2v) is 4.97. The first-order valence-electron chi connectivity index (χ1n) is 6.77. The molecule has 0 saturated heterocycles. The Balaban J connectivity index is 1.92. The Kier molecular flexibility index (Phi) is 3.19. The van der Waals surface area contributed by atoms with E-state index in [1.165, 1.54) is 11.1 Å². The number of nitrogens with zero attached hydrogens (tertiary/aromatic N) is 4. The van der Waals surface area contributed by atoms with Crippen molar-refractivity contribution in [3.63, 3.8) is 0 Å². The second-order valence-electron chi connectivity index (χ2n) is 4.97. The topological polar surface area (TPSA) is 55.1 Å². The third-order valence-corrected chi connectivity index (χ3v) is 3.49. The molecule has 0 fully saturated rings. The van der Waals surface area contributed by atoms with E-state index in [4.69, 9.17) is 4.52 Å². The van der Waals surface area contributed by atoms with Crippen molar-refractivity contribution < 1.29 is 4.52 Å². The number of anilines is 1. The van der Waals surface area contributed by atoms with Gasteiger partial charge in [-0.15, -0.1) is 0 Å². The van der Waals surface area contributed by atoms with Crippen LogP contribution in [0.3, 0.4) is 0 Å². The molecule has 5 nitrogen and oxygen atoms in total. The van der Waals surface area contributed by atoms with E-state index in [2.05, 4.69) is 26.9 Å². The second kappa shape index (κ2) is 4.99. The first-order chi connectivity index (χ1) is 9.28. The molecular weight excluding hydrogens is 240 g/mol. The largest absolute Gasteiger partial charge is 0.364 e. The molecule has 0 radical (unpaired) electrons. The summed E-state index contributed by atoms with van der Waals surface area (Å²) in [6.07, 6.45) is 6.74. The molecule has 19 heavy (non-hydrogen) atoms. The monoisotopic (exact) mass is 258 g/mol. The van der Waals surface area contributed by atoms with E-state index in [0.29, 0.717) is 0 Å². The molecule has 1 aliphatic rings. The third kappa shape index (κ3) is 2.32. The first kappa shape index (κ1) is 12.1. The maximum atomic E-state index is 5.04. The summed E-state index contributed by atoms with van der Waals surface area (Å²) in [6.45, 7) is 5.88. The number of hydrogen-bond donors (Lipinski definition) is 0. The van der Waals surface area contributed by atoms with E-state index in [1.54, 1.807) is 6.26 Å². The Hall–Kier alpha value is -1.91. The molecule has 3 rings (SSSR count). The number of fused-ring (bicyclic) bond motifs is 1. The Morgan fingerprint density at radius 3 is 3.16 bits per heavy atom. The molecule has 0 unspecified atom stereocenters. The van der Waals surface area contributed by atoms with Gasteiger partial charge in [0.15, 0.2) is 0 Å². The van der Waals surface area contributed by atoms with Gasteiger partial charge in [-0.1, -0.05) is 18.5 Å². The molecule has 0 aliphatic carbocycles. The maximum absolute atomic E-state index is 5.04. The van der Waals surface area contributed by atoms with Crippen LogP contribution in [0.1, 0.15) is 36.0 Å². The van der Waals surface area contributed by atoms with Gasteiger partial charge in [-0.05, 0) is 13.3 Å². The average molecular weight is 258 g/mol. The van der Waals surface area contributed by atoms with E-state index < -0.39 is 0 Å². The predicted molar refractivity (Wildman–Crippen MR) is 72.0 cm³/mol. The van der Waals surface area contributed by atoms with Gasteiger partial charge in [-0.2, -0.15) is 0 Å². The predicted octanol–water partition coefficient (Wildman–Crippen LogP) is 2.29. The van der Waals surface area contributed by atoms with Gasteiger partial charge < -0.3 is 9.42 Å². The highest BCUT2D eigenvalue weighted by molar-refractivity contribution is 5.48. The smallest absolute Gasteiger partial charge is 0.135 e. The normalized spacial score (nSPS) is 14.5. The Morgan fingerprint density at radius 1 is 1.42 bits per heavy atom. The lowest BCUT2D eigenvalue weighted by molar-refractivity contribution is 0.412. The average Bonchev–Trinajstić information content (AvgIpc) is 2.88. The van der Waals surface area contributed by atoms with Crippen LogP contribution in [0.5, 0.6) is 0 Å². The van der Waals surface area contributed by atoms with Crippen LogP contribution in [0.15, 0.2) is 17.0 Å². The van der Waals surface area contributed by atoms with E-state index in [9.17, 15) is 0 Å². The van der Waals surface area contributed by atoms with E-state index >= 15 is 0 Å². The minimum absolute atomic E-state index is 0.825. The SMILES string of the molecule is CCCc1cnc(C)nc1N1CCc2nocc2C1. The lowest BCUT2D eigenvalue weighted by Gasteiger charge is -2.28. The van der Waals surface area contributed by atoms with Crippen LogP contribution in [-0.4, -0.2) is 21.7 Å². The molecule has 0 aromatic carbocycles. The molecule has 1 aliphatic heterocycles. The molecule has 0 spiro atoms. The van der Waals surface area contributed by atoms with Crippen LogP contribution in [0.2, 0.25) is 0 Å². The minimum Gasteiger partial charge on any atom is -0.364 e. The number of aromatic nitrogens is 3. The highest BCUT2D eigenvalue weighted by Crippen LogP contribution is 2.25. The van der Waals surface area contributed by atoms with Crippen molar-refractivity contribution in [2.45, 2.75) is 39.7 Å². The molecule has 2 aromatic heterocycles. The van der Waals surface area contributed by atoms with Crippen LogP contribution in [0, 0.1) is 6.92 Å². The van der Waals surface area contributed by atoms with Crippen LogP contribution in [0.25, 0.3) is 0 Å². The van der Waals surface area contributed by atoms with Crippen molar-refractivity contribution in [3.05, 3.63) is 35.1 Å². The molecule has 0 amide bonds. The lowest BCUT2D eigenvalue weighted by atomic mass is 10.1. The van der Waals surface area contributed by atoms with Crippen molar-refractivity contribution in [2.75, 3.05) is 11.4 Å². The summed E-state index contributed by atoms with van der Waals surface area (Å²) in [6, 6.07) is 0. The summed E-state index contributed by atoms with van der Waals surface area (Å²) in [5.41, 5.74) is 3.48. The molecule has 0 N–H and O–H groups in total. The quantitative estimate of drug-likeness (QED) is 0.845. The number of rotatable bonds is 3. The van der Waals surface area contributed by atoms with E-state index in [0.717, 1.165) is 49.7 Å². The number of hydrogen-bond acceptors (Lipinski definition) is 5. The highest BCUT2D eigenvalue weighted by atomic mass is 16.5. The van der Waals surface area contributed by atoms with Gasteiger partial charge in [0.25, 0.3) is 0 Å². The molecule has 100 valence electrons. The third-order valence-electron chi connectivity index (χ3n) is 3.49.